The van der Waals surface area contributed by atoms with Crippen molar-refractivity contribution in [2.45, 2.75) is 43.9 Å². The Morgan fingerprint density at radius 1 is 1.36 bits per heavy atom. The Labute approximate surface area is 133 Å². The molecule has 2 unspecified atom stereocenters. The van der Waals surface area contributed by atoms with Gasteiger partial charge in [-0.15, -0.1) is 0 Å². The first-order valence-electron chi connectivity index (χ1n) is 8.74. The van der Waals surface area contributed by atoms with E-state index in [1.54, 1.807) is 0 Å². The smallest absolute Gasteiger partial charge is 0.236 e. The molecule has 6 heteroatoms. The van der Waals surface area contributed by atoms with Gasteiger partial charge in [0.1, 0.15) is 0 Å². The minimum atomic E-state index is -0.289. The van der Waals surface area contributed by atoms with Crippen LogP contribution in [0.25, 0.3) is 0 Å². The van der Waals surface area contributed by atoms with Gasteiger partial charge in [0.2, 0.25) is 5.91 Å². The molecule has 2 saturated heterocycles. The van der Waals surface area contributed by atoms with Crippen LogP contribution in [-0.2, 0) is 4.79 Å². The molecule has 126 valence electrons. The van der Waals surface area contributed by atoms with Crippen LogP contribution >= 0.6 is 0 Å². The number of aliphatic hydroxyl groups is 1. The maximum absolute atomic E-state index is 12.0. The fourth-order valence-corrected chi connectivity index (χ4v) is 3.81. The topological polar surface area (TPSA) is 59.1 Å². The number of hydrogen-bond acceptors (Lipinski definition) is 5. The second-order valence-electron chi connectivity index (χ2n) is 7.14. The third kappa shape index (κ3) is 4.19. The first-order valence-corrected chi connectivity index (χ1v) is 8.74. The van der Waals surface area contributed by atoms with Gasteiger partial charge in [-0.3, -0.25) is 9.69 Å². The summed E-state index contributed by atoms with van der Waals surface area (Å²) in [6.45, 7) is 5.65. The number of amides is 1. The molecule has 2 N–H and O–H groups in total. The van der Waals surface area contributed by atoms with Crippen molar-refractivity contribution in [2.24, 2.45) is 0 Å². The quantitative estimate of drug-likeness (QED) is 0.682. The van der Waals surface area contributed by atoms with Gasteiger partial charge in [-0.1, -0.05) is 0 Å². The van der Waals surface area contributed by atoms with E-state index in [1.807, 2.05) is 4.90 Å². The van der Waals surface area contributed by atoms with Crippen LogP contribution in [0.5, 0.6) is 0 Å². The third-order valence-corrected chi connectivity index (χ3v) is 5.19. The van der Waals surface area contributed by atoms with Gasteiger partial charge in [0, 0.05) is 44.8 Å². The molecule has 1 aliphatic carbocycles. The zero-order valence-corrected chi connectivity index (χ0v) is 13.7. The summed E-state index contributed by atoms with van der Waals surface area (Å²) >= 11 is 0. The molecule has 3 aliphatic rings. The minimum Gasteiger partial charge on any atom is -0.390 e. The van der Waals surface area contributed by atoms with Crippen LogP contribution < -0.4 is 5.32 Å². The van der Waals surface area contributed by atoms with Crippen molar-refractivity contribution < 1.29 is 9.90 Å². The molecule has 2 atom stereocenters. The largest absolute Gasteiger partial charge is 0.390 e. The Balaban J connectivity index is 1.46. The summed E-state index contributed by atoms with van der Waals surface area (Å²) in [5.41, 5.74) is 0. The van der Waals surface area contributed by atoms with Gasteiger partial charge in [-0.05, 0) is 39.3 Å². The lowest BCUT2D eigenvalue weighted by Gasteiger charge is -2.41. The van der Waals surface area contributed by atoms with Gasteiger partial charge in [0.05, 0.1) is 12.6 Å². The second kappa shape index (κ2) is 7.25. The number of piperazine rings is 1. The molecular formula is C16H30N4O2. The second-order valence-corrected chi connectivity index (χ2v) is 7.14. The molecule has 3 fully saturated rings. The molecule has 0 aromatic heterocycles. The Morgan fingerprint density at radius 2 is 2.18 bits per heavy atom. The number of carbonyl (C=O) groups excluding carboxylic acids is 1. The van der Waals surface area contributed by atoms with Crippen molar-refractivity contribution in [2.75, 3.05) is 52.9 Å². The lowest BCUT2D eigenvalue weighted by molar-refractivity contribution is -0.135. The van der Waals surface area contributed by atoms with Crippen LogP contribution in [0.3, 0.4) is 0 Å². The number of hydrogen-bond donors (Lipinski definition) is 2. The number of piperidine rings is 1. The molecule has 2 heterocycles. The zero-order chi connectivity index (χ0) is 15.5. The van der Waals surface area contributed by atoms with E-state index in [2.05, 4.69) is 22.2 Å². The summed E-state index contributed by atoms with van der Waals surface area (Å²) in [5.74, 6) is 0.229. The van der Waals surface area contributed by atoms with Crippen molar-refractivity contribution in [3.63, 3.8) is 0 Å². The highest BCUT2D eigenvalue weighted by Gasteiger charge is 2.31. The van der Waals surface area contributed by atoms with E-state index in [0.29, 0.717) is 18.6 Å². The summed E-state index contributed by atoms with van der Waals surface area (Å²) in [5, 5.41) is 13.5. The van der Waals surface area contributed by atoms with Crippen LogP contribution in [-0.4, -0.2) is 96.8 Å². The number of β-amino-alcohol motifs (C(OH)–C–C–N with tert-alkyl or cyclic N) is 1. The van der Waals surface area contributed by atoms with E-state index in [1.165, 1.54) is 12.8 Å². The van der Waals surface area contributed by atoms with E-state index >= 15 is 0 Å². The van der Waals surface area contributed by atoms with Gasteiger partial charge < -0.3 is 20.2 Å². The van der Waals surface area contributed by atoms with Crippen LogP contribution in [0.1, 0.15) is 25.7 Å². The molecule has 1 saturated carbocycles. The normalized spacial score (nSPS) is 29.1. The fourth-order valence-electron chi connectivity index (χ4n) is 3.81. The number of nitrogens with one attached hydrogen (secondary N) is 1. The SMILES string of the molecule is CN(CC(O)CN1CCCC(N2CCNCC2=O)C1)C1CC1. The van der Waals surface area contributed by atoms with Crippen LogP contribution in [0, 0.1) is 0 Å². The monoisotopic (exact) mass is 310 g/mol. The van der Waals surface area contributed by atoms with E-state index in [0.717, 1.165) is 52.1 Å². The highest BCUT2D eigenvalue weighted by molar-refractivity contribution is 5.79. The van der Waals surface area contributed by atoms with Gasteiger partial charge in [0.15, 0.2) is 0 Å². The molecule has 0 bridgehead atoms. The minimum absolute atomic E-state index is 0.229. The predicted molar refractivity (Wildman–Crippen MR) is 85.7 cm³/mol. The summed E-state index contributed by atoms with van der Waals surface area (Å²) in [6, 6.07) is 1.03. The number of nitrogens with zero attached hydrogens (tertiary/aromatic N) is 3. The van der Waals surface area contributed by atoms with Crippen molar-refractivity contribution in [1.29, 1.82) is 0 Å². The number of likely N-dealkylation sites (tertiary alicyclic amines) is 1. The first kappa shape index (κ1) is 16.2. The predicted octanol–water partition coefficient (Wildman–Crippen LogP) is -0.662. The van der Waals surface area contributed by atoms with Gasteiger partial charge in [0.25, 0.3) is 0 Å². The summed E-state index contributed by atoms with van der Waals surface area (Å²) < 4.78 is 0. The molecule has 0 radical (unpaired) electrons. The van der Waals surface area contributed by atoms with Crippen LogP contribution in [0.15, 0.2) is 0 Å². The Bertz CT molecular complexity index is 388. The molecule has 22 heavy (non-hydrogen) atoms. The summed E-state index contributed by atoms with van der Waals surface area (Å²) in [6.07, 6.45) is 4.48. The maximum atomic E-state index is 12.0. The Kier molecular flexibility index (Phi) is 5.33. The highest BCUT2D eigenvalue weighted by Crippen LogP contribution is 2.25. The fraction of sp³-hybridized carbons (Fsp3) is 0.938. The van der Waals surface area contributed by atoms with Crippen LogP contribution in [0.2, 0.25) is 0 Å². The third-order valence-electron chi connectivity index (χ3n) is 5.19. The summed E-state index contributed by atoms with van der Waals surface area (Å²) in [4.78, 5) is 18.7. The van der Waals surface area contributed by atoms with E-state index in [4.69, 9.17) is 0 Å². The molecule has 1 amide bonds. The zero-order valence-electron chi connectivity index (χ0n) is 13.7. The lowest BCUT2D eigenvalue weighted by atomic mass is 10.0. The van der Waals surface area contributed by atoms with Crippen LogP contribution in [0.4, 0.5) is 0 Å². The van der Waals surface area contributed by atoms with Gasteiger partial charge >= 0.3 is 0 Å². The molecule has 0 aromatic carbocycles. The first-order chi connectivity index (χ1) is 10.6. The lowest BCUT2D eigenvalue weighted by Crippen LogP contribution is -2.57. The number of aliphatic hydroxyl groups excluding tert-OH is 1. The average Bonchev–Trinajstić information content (AvgIpc) is 3.32. The number of carbonyl (C=O) groups is 1. The molecular weight excluding hydrogens is 280 g/mol. The van der Waals surface area contributed by atoms with Crippen molar-refractivity contribution >= 4 is 5.91 Å². The van der Waals surface area contributed by atoms with E-state index in [-0.39, 0.29) is 12.0 Å². The number of rotatable bonds is 6. The van der Waals surface area contributed by atoms with Crippen molar-refractivity contribution in [3.8, 4) is 0 Å². The average molecular weight is 310 g/mol. The molecule has 3 rings (SSSR count). The Hall–Kier alpha value is -0.690. The van der Waals surface area contributed by atoms with Crippen molar-refractivity contribution in [1.82, 2.24) is 20.0 Å². The molecule has 0 aromatic rings. The standard InChI is InChI=1S/C16H30N4O2/c1-18(13-4-5-13)11-15(21)12-19-7-2-3-14(10-19)20-8-6-17-9-16(20)22/h13-15,17,21H,2-12H2,1H3. The molecule has 6 nitrogen and oxygen atoms in total. The summed E-state index contributed by atoms with van der Waals surface area (Å²) in [7, 11) is 2.11. The van der Waals surface area contributed by atoms with E-state index < -0.39 is 0 Å². The van der Waals surface area contributed by atoms with Crippen molar-refractivity contribution in [3.05, 3.63) is 0 Å². The van der Waals surface area contributed by atoms with E-state index in [9.17, 15) is 9.90 Å². The van der Waals surface area contributed by atoms with Gasteiger partial charge in [-0.25, -0.2) is 0 Å². The molecule has 0 spiro atoms. The highest BCUT2D eigenvalue weighted by atomic mass is 16.3. The van der Waals surface area contributed by atoms with Gasteiger partial charge in [-0.2, -0.15) is 0 Å². The Morgan fingerprint density at radius 3 is 2.91 bits per heavy atom. The molecule has 2 aliphatic heterocycles. The maximum Gasteiger partial charge on any atom is 0.236 e. The number of likely N-dealkylation sites (N-methyl/N-ethyl adjacent to an activating group) is 1.